The lowest BCUT2D eigenvalue weighted by molar-refractivity contribution is -0.136. The number of halogens is 1. The lowest BCUT2D eigenvalue weighted by Crippen LogP contribution is -2.09. The average molecular weight is 468 g/mol. The van der Waals surface area contributed by atoms with Crippen molar-refractivity contribution in [2.45, 2.75) is 13.0 Å². The summed E-state index contributed by atoms with van der Waals surface area (Å²) in [5, 5.41) is 22.0. The molecular formula is C25H22ClNO6. The SMILES string of the molecule is COc1cc(/C=C/C(=O)Nc2cc(CC(=O)O)ccc2O)ccc1OCc1ccc(Cl)cc1. The Kier molecular flexibility index (Phi) is 7.94. The molecule has 0 heterocycles. The molecule has 3 N–H and O–H groups in total. The summed E-state index contributed by atoms with van der Waals surface area (Å²) in [6.07, 6.45) is 2.66. The maximum atomic E-state index is 12.3. The van der Waals surface area contributed by atoms with E-state index < -0.39 is 11.9 Å². The Morgan fingerprint density at radius 2 is 1.73 bits per heavy atom. The monoisotopic (exact) mass is 467 g/mol. The zero-order chi connectivity index (χ0) is 23.8. The molecule has 33 heavy (non-hydrogen) atoms. The topological polar surface area (TPSA) is 105 Å². The molecule has 1 amide bonds. The fourth-order valence-electron chi connectivity index (χ4n) is 2.96. The third-order valence-electron chi connectivity index (χ3n) is 4.60. The van der Waals surface area contributed by atoms with Gasteiger partial charge in [0.25, 0.3) is 0 Å². The van der Waals surface area contributed by atoms with Gasteiger partial charge in [-0.25, -0.2) is 0 Å². The Morgan fingerprint density at radius 3 is 2.42 bits per heavy atom. The lowest BCUT2D eigenvalue weighted by Gasteiger charge is -2.11. The molecule has 0 spiro atoms. The van der Waals surface area contributed by atoms with E-state index in [1.54, 1.807) is 36.4 Å². The number of carboxylic acid groups (broad SMARTS) is 1. The molecule has 0 radical (unpaired) electrons. The molecule has 3 rings (SSSR count). The van der Waals surface area contributed by atoms with Crippen LogP contribution in [-0.2, 0) is 22.6 Å². The molecule has 8 heteroatoms. The maximum absolute atomic E-state index is 12.3. The van der Waals surface area contributed by atoms with Crippen LogP contribution in [0.4, 0.5) is 5.69 Å². The van der Waals surface area contributed by atoms with E-state index in [1.807, 2.05) is 12.1 Å². The molecular weight excluding hydrogens is 446 g/mol. The summed E-state index contributed by atoms with van der Waals surface area (Å²) in [6, 6.07) is 16.8. The standard InChI is InChI=1S/C25H22ClNO6/c1-32-23-13-16(5-10-22(23)33-15-17-2-7-19(26)8-3-17)6-11-24(29)27-20-12-18(14-25(30)31)4-9-21(20)28/h2-13,28H,14-15H2,1H3,(H,27,29)(H,30,31)/b11-6+. The highest BCUT2D eigenvalue weighted by molar-refractivity contribution is 6.30. The summed E-state index contributed by atoms with van der Waals surface area (Å²) < 4.78 is 11.2. The summed E-state index contributed by atoms with van der Waals surface area (Å²) in [4.78, 5) is 23.1. The molecule has 3 aromatic rings. The van der Waals surface area contributed by atoms with Crippen LogP contribution in [0.1, 0.15) is 16.7 Å². The van der Waals surface area contributed by atoms with Gasteiger partial charge in [0.15, 0.2) is 11.5 Å². The number of carbonyl (C=O) groups excluding carboxylic acids is 1. The van der Waals surface area contributed by atoms with Gasteiger partial charge in [-0.15, -0.1) is 0 Å². The smallest absolute Gasteiger partial charge is 0.307 e. The zero-order valence-electron chi connectivity index (χ0n) is 17.7. The zero-order valence-corrected chi connectivity index (χ0v) is 18.5. The van der Waals surface area contributed by atoms with Crippen molar-refractivity contribution in [2.24, 2.45) is 0 Å². The molecule has 0 aliphatic carbocycles. The highest BCUT2D eigenvalue weighted by Gasteiger charge is 2.09. The van der Waals surface area contributed by atoms with Gasteiger partial charge < -0.3 is 25.0 Å². The van der Waals surface area contributed by atoms with Crippen molar-refractivity contribution in [1.82, 2.24) is 0 Å². The Morgan fingerprint density at radius 1 is 1.00 bits per heavy atom. The number of phenols is 1. The van der Waals surface area contributed by atoms with Crippen LogP contribution >= 0.6 is 11.6 Å². The first kappa shape index (κ1) is 23.7. The van der Waals surface area contributed by atoms with Crippen molar-refractivity contribution in [3.63, 3.8) is 0 Å². The van der Waals surface area contributed by atoms with Crippen molar-refractivity contribution in [3.05, 3.63) is 88.5 Å². The van der Waals surface area contributed by atoms with Crippen molar-refractivity contribution in [1.29, 1.82) is 0 Å². The normalized spacial score (nSPS) is 10.7. The molecule has 0 unspecified atom stereocenters. The van der Waals surface area contributed by atoms with Gasteiger partial charge in [-0.05, 0) is 59.2 Å². The summed E-state index contributed by atoms with van der Waals surface area (Å²) in [5.41, 5.74) is 2.24. The molecule has 7 nitrogen and oxygen atoms in total. The van der Waals surface area contributed by atoms with Crippen LogP contribution in [0.25, 0.3) is 6.08 Å². The van der Waals surface area contributed by atoms with Crippen molar-refractivity contribution >= 4 is 35.2 Å². The minimum absolute atomic E-state index is 0.131. The first-order valence-electron chi connectivity index (χ1n) is 9.92. The first-order valence-corrected chi connectivity index (χ1v) is 10.3. The quantitative estimate of drug-likeness (QED) is 0.305. The van der Waals surface area contributed by atoms with E-state index >= 15 is 0 Å². The second-order valence-corrected chi connectivity index (χ2v) is 7.51. The van der Waals surface area contributed by atoms with Crippen LogP contribution in [0.2, 0.25) is 5.02 Å². The number of hydrogen-bond donors (Lipinski definition) is 3. The van der Waals surface area contributed by atoms with Gasteiger partial charge in [0.05, 0.1) is 19.2 Å². The molecule has 3 aromatic carbocycles. The number of phenolic OH excluding ortho intramolecular Hbond substituents is 1. The number of amides is 1. The van der Waals surface area contributed by atoms with Gasteiger partial charge in [-0.1, -0.05) is 35.9 Å². The van der Waals surface area contributed by atoms with Gasteiger partial charge in [0.2, 0.25) is 5.91 Å². The van der Waals surface area contributed by atoms with E-state index in [-0.39, 0.29) is 17.9 Å². The van der Waals surface area contributed by atoms with Crippen LogP contribution in [-0.4, -0.2) is 29.2 Å². The summed E-state index contributed by atoms with van der Waals surface area (Å²) >= 11 is 5.89. The fourth-order valence-corrected chi connectivity index (χ4v) is 3.09. The molecule has 0 aliphatic heterocycles. The van der Waals surface area contributed by atoms with Crippen LogP contribution in [0.5, 0.6) is 17.2 Å². The third kappa shape index (κ3) is 7.02. The minimum atomic E-state index is -1.01. The van der Waals surface area contributed by atoms with Crippen LogP contribution in [0, 0.1) is 0 Å². The highest BCUT2D eigenvalue weighted by atomic mass is 35.5. The molecule has 0 aromatic heterocycles. The largest absolute Gasteiger partial charge is 0.506 e. The van der Waals surface area contributed by atoms with E-state index in [0.29, 0.717) is 34.3 Å². The van der Waals surface area contributed by atoms with Crippen LogP contribution in [0.15, 0.2) is 66.7 Å². The summed E-state index contributed by atoms with van der Waals surface area (Å²) in [7, 11) is 1.53. The van der Waals surface area contributed by atoms with Crippen LogP contribution in [0.3, 0.4) is 0 Å². The number of carboxylic acids is 1. The van der Waals surface area contributed by atoms with Gasteiger partial charge >= 0.3 is 5.97 Å². The molecule has 0 atom stereocenters. The fraction of sp³-hybridized carbons (Fsp3) is 0.120. The Hall–Kier alpha value is -3.97. The molecule has 170 valence electrons. The summed E-state index contributed by atoms with van der Waals surface area (Å²) in [5.74, 6) is -0.596. The minimum Gasteiger partial charge on any atom is -0.506 e. The first-order chi connectivity index (χ1) is 15.8. The highest BCUT2D eigenvalue weighted by Crippen LogP contribution is 2.30. The van der Waals surface area contributed by atoms with E-state index in [9.17, 15) is 14.7 Å². The summed E-state index contributed by atoms with van der Waals surface area (Å²) in [6.45, 7) is 0.343. The molecule has 0 saturated carbocycles. The Labute approximate surface area is 195 Å². The van der Waals surface area contributed by atoms with Gasteiger partial charge in [0, 0.05) is 11.1 Å². The average Bonchev–Trinajstić information content (AvgIpc) is 2.79. The predicted molar refractivity (Wildman–Crippen MR) is 126 cm³/mol. The van der Waals surface area contributed by atoms with Crippen LogP contribution < -0.4 is 14.8 Å². The van der Waals surface area contributed by atoms with Gasteiger partial charge in [-0.3, -0.25) is 9.59 Å². The third-order valence-corrected chi connectivity index (χ3v) is 4.85. The van der Waals surface area contributed by atoms with E-state index in [0.717, 1.165) is 5.56 Å². The number of benzene rings is 3. The van der Waals surface area contributed by atoms with E-state index in [4.69, 9.17) is 26.2 Å². The van der Waals surface area contributed by atoms with E-state index in [1.165, 1.54) is 31.4 Å². The number of carbonyl (C=O) groups is 2. The maximum Gasteiger partial charge on any atom is 0.307 e. The number of anilines is 1. The number of aromatic hydroxyl groups is 1. The number of methoxy groups -OCH3 is 1. The Bertz CT molecular complexity index is 1170. The second-order valence-electron chi connectivity index (χ2n) is 7.07. The molecule has 0 saturated heterocycles. The molecule has 0 aliphatic rings. The number of ether oxygens (including phenoxy) is 2. The second kappa shape index (κ2) is 11.1. The molecule has 0 fully saturated rings. The number of rotatable bonds is 9. The van der Waals surface area contributed by atoms with Crippen molar-refractivity contribution in [2.75, 3.05) is 12.4 Å². The predicted octanol–water partition coefficient (Wildman–Crippen LogP) is 4.91. The number of aliphatic carboxylic acids is 1. The number of nitrogens with one attached hydrogen (secondary N) is 1. The molecule has 0 bridgehead atoms. The van der Waals surface area contributed by atoms with Gasteiger partial charge in [-0.2, -0.15) is 0 Å². The Balaban J connectivity index is 1.65. The number of hydrogen-bond acceptors (Lipinski definition) is 5. The van der Waals surface area contributed by atoms with Crippen molar-refractivity contribution < 1.29 is 29.3 Å². The van der Waals surface area contributed by atoms with Gasteiger partial charge in [0.1, 0.15) is 12.4 Å². The van der Waals surface area contributed by atoms with Crippen molar-refractivity contribution in [3.8, 4) is 17.2 Å². The van der Waals surface area contributed by atoms with E-state index in [2.05, 4.69) is 5.32 Å². The lowest BCUT2D eigenvalue weighted by atomic mass is 10.1.